The third kappa shape index (κ3) is 7.75. The van der Waals surface area contributed by atoms with Gasteiger partial charge in [-0.2, -0.15) is 11.8 Å². The second-order valence-electron chi connectivity index (χ2n) is 5.15. The van der Waals surface area contributed by atoms with Gasteiger partial charge in [0.15, 0.2) is 0 Å². The second kappa shape index (κ2) is 10.7. The van der Waals surface area contributed by atoms with Crippen LogP contribution >= 0.6 is 11.8 Å². The van der Waals surface area contributed by atoms with E-state index < -0.39 is 0 Å². The Labute approximate surface area is 142 Å². The van der Waals surface area contributed by atoms with E-state index >= 15 is 0 Å². The number of benzene rings is 2. The van der Waals surface area contributed by atoms with Crippen LogP contribution in [0, 0.1) is 0 Å². The summed E-state index contributed by atoms with van der Waals surface area (Å²) in [5, 5.41) is 2.95. The van der Waals surface area contributed by atoms with Gasteiger partial charge >= 0.3 is 0 Å². The smallest absolute Gasteiger partial charge is 0.220 e. The van der Waals surface area contributed by atoms with Gasteiger partial charge in [-0.1, -0.05) is 48.5 Å². The average Bonchev–Trinajstić information content (AvgIpc) is 2.60. The zero-order valence-corrected chi connectivity index (χ0v) is 14.1. The third-order valence-electron chi connectivity index (χ3n) is 3.24. The van der Waals surface area contributed by atoms with Crippen molar-refractivity contribution in [2.45, 2.75) is 18.6 Å². The Morgan fingerprint density at radius 1 is 1.00 bits per heavy atom. The molecule has 0 aliphatic rings. The first-order valence-corrected chi connectivity index (χ1v) is 9.06. The molecule has 0 fully saturated rings. The summed E-state index contributed by atoms with van der Waals surface area (Å²) >= 11 is 1.83. The van der Waals surface area contributed by atoms with Crippen LogP contribution < -0.4 is 10.1 Å². The van der Waals surface area contributed by atoms with Crippen molar-refractivity contribution in [1.29, 1.82) is 0 Å². The van der Waals surface area contributed by atoms with Gasteiger partial charge in [0, 0.05) is 24.5 Å². The molecule has 122 valence electrons. The molecular formula is C19H23NO2S. The lowest BCUT2D eigenvalue weighted by atomic mass is 10.2. The zero-order chi connectivity index (χ0) is 16.2. The normalized spacial score (nSPS) is 10.3. The van der Waals surface area contributed by atoms with E-state index in [4.69, 9.17) is 4.74 Å². The fourth-order valence-corrected chi connectivity index (χ4v) is 2.87. The average molecular weight is 329 g/mol. The highest BCUT2D eigenvalue weighted by Crippen LogP contribution is 2.11. The first-order valence-electron chi connectivity index (χ1n) is 7.91. The molecule has 0 radical (unpaired) electrons. The van der Waals surface area contributed by atoms with Crippen molar-refractivity contribution in [3.8, 4) is 5.75 Å². The van der Waals surface area contributed by atoms with E-state index in [2.05, 4.69) is 29.6 Å². The largest absolute Gasteiger partial charge is 0.494 e. The quantitative estimate of drug-likeness (QED) is 0.672. The number of rotatable bonds is 10. The Kier molecular flexibility index (Phi) is 8.12. The van der Waals surface area contributed by atoms with Crippen molar-refractivity contribution in [3.63, 3.8) is 0 Å². The summed E-state index contributed by atoms with van der Waals surface area (Å²) < 4.78 is 5.56. The van der Waals surface area contributed by atoms with Crippen molar-refractivity contribution in [3.05, 3.63) is 66.2 Å². The highest BCUT2D eigenvalue weighted by Gasteiger charge is 2.01. The van der Waals surface area contributed by atoms with Gasteiger partial charge in [0.25, 0.3) is 0 Å². The first-order chi connectivity index (χ1) is 11.3. The van der Waals surface area contributed by atoms with Crippen molar-refractivity contribution in [2.24, 2.45) is 0 Å². The molecule has 0 atom stereocenters. The fraction of sp³-hybridized carbons (Fsp3) is 0.316. The predicted molar refractivity (Wildman–Crippen MR) is 96.8 cm³/mol. The molecule has 2 rings (SSSR count). The molecule has 1 N–H and O–H groups in total. The molecule has 0 spiro atoms. The predicted octanol–water partition coefficient (Wildman–Crippen LogP) is 3.90. The maximum Gasteiger partial charge on any atom is 0.220 e. The molecule has 0 unspecified atom stereocenters. The molecule has 0 bridgehead atoms. The minimum Gasteiger partial charge on any atom is -0.494 e. The highest BCUT2D eigenvalue weighted by atomic mass is 32.2. The number of thioether (sulfide) groups is 1. The Balaban J connectivity index is 1.45. The molecule has 0 saturated heterocycles. The summed E-state index contributed by atoms with van der Waals surface area (Å²) in [6.07, 6.45) is 1.24. The van der Waals surface area contributed by atoms with Crippen LogP contribution in [0.5, 0.6) is 5.75 Å². The summed E-state index contributed by atoms with van der Waals surface area (Å²) in [6, 6.07) is 20.0. The summed E-state index contributed by atoms with van der Waals surface area (Å²) in [4.78, 5) is 11.7. The van der Waals surface area contributed by atoms with Crippen LogP contribution in [-0.4, -0.2) is 24.8 Å². The fourth-order valence-electron chi connectivity index (χ4n) is 2.05. The standard InChI is InChI=1S/C19H23NO2S/c21-19(12-7-14-22-18-10-5-2-6-11-18)20-13-15-23-16-17-8-3-1-4-9-17/h1-6,8-11H,7,12-16H2,(H,20,21). The van der Waals surface area contributed by atoms with Crippen LogP contribution in [0.3, 0.4) is 0 Å². The lowest BCUT2D eigenvalue weighted by molar-refractivity contribution is -0.121. The molecular weight excluding hydrogens is 306 g/mol. The number of hydrogen-bond acceptors (Lipinski definition) is 3. The molecule has 0 heterocycles. The number of ether oxygens (including phenoxy) is 1. The van der Waals surface area contributed by atoms with Gasteiger partial charge in [-0.05, 0) is 24.1 Å². The van der Waals surface area contributed by atoms with Crippen molar-refractivity contribution >= 4 is 17.7 Å². The highest BCUT2D eigenvalue weighted by molar-refractivity contribution is 7.98. The van der Waals surface area contributed by atoms with Crippen molar-refractivity contribution in [1.82, 2.24) is 5.32 Å². The molecule has 4 heteroatoms. The molecule has 0 saturated carbocycles. The monoisotopic (exact) mass is 329 g/mol. The number of hydrogen-bond donors (Lipinski definition) is 1. The van der Waals surface area contributed by atoms with Crippen molar-refractivity contribution < 1.29 is 9.53 Å². The number of nitrogens with one attached hydrogen (secondary N) is 1. The van der Waals surface area contributed by atoms with Crippen molar-refractivity contribution in [2.75, 3.05) is 18.9 Å². The lowest BCUT2D eigenvalue weighted by Gasteiger charge is -2.07. The minimum atomic E-state index is 0.0990. The molecule has 0 aliphatic heterocycles. The summed E-state index contributed by atoms with van der Waals surface area (Å²) in [6.45, 7) is 1.29. The molecule has 0 aromatic heterocycles. The van der Waals surface area contributed by atoms with Crippen LogP contribution in [0.4, 0.5) is 0 Å². The molecule has 0 aliphatic carbocycles. The second-order valence-corrected chi connectivity index (χ2v) is 6.26. The van der Waals surface area contributed by atoms with E-state index in [1.165, 1.54) is 5.56 Å². The van der Waals surface area contributed by atoms with Crippen LogP contribution in [0.2, 0.25) is 0 Å². The number of para-hydroxylation sites is 1. The Morgan fingerprint density at radius 3 is 2.43 bits per heavy atom. The minimum absolute atomic E-state index is 0.0990. The number of amides is 1. The van der Waals surface area contributed by atoms with Crippen LogP contribution in [0.1, 0.15) is 18.4 Å². The Bertz CT molecular complexity index is 560. The lowest BCUT2D eigenvalue weighted by Crippen LogP contribution is -2.25. The number of carbonyl (C=O) groups is 1. The van der Waals surface area contributed by atoms with E-state index in [1.807, 2.05) is 48.2 Å². The van der Waals surface area contributed by atoms with Gasteiger partial charge < -0.3 is 10.1 Å². The van der Waals surface area contributed by atoms with Gasteiger partial charge in [0.05, 0.1) is 6.61 Å². The van der Waals surface area contributed by atoms with Gasteiger partial charge in [0.1, 0.15) is 5.75 Å². The molecule has 3 nitrogen and oxygen atoms in total. The topological polar surface area (TPSA) is 38.3 Å². The van der Waals surface area contributed by atoms with E-state index in [1.54, 1.807) is 0 Å². The number of carbonyl (C=O) groups excluding carboxylic acids is 1. The van der Waals surface area contributed by atoms with Crippen LogP contribution in [0.15, 0.2) is 60.7 Å². The molecule has 1 amide bonds. The maximum atomic E-state index is 11.7. The maximum absolute atomic E-state index is 11.7. The van der Waals surface area contributed by atoms with Gasteiger partial charge in [-0.25, -0.2) is 0 Å². The van der Waals surface area contributed by atoms with Gasteiger partial charge in [-0.15, -0.1) is 0 Å². The molecule has 2 aromatic rings. The van der Waals surface area contributed by atoms with Crippen LogP contribution in [0.25, 0.3) is 0 Å². The first kappa shape index (κ1) is 17.4. The Hall–Kier alpha value is -1.94. The zero-order valence-electron chi connectivity index (χ0n) is 13.2. The Morgan fingerprint density at radius 2 is 1.70 bits per heavy atom. The van der Waals surface area contributed by atoms with Gasteiger partial charge in [-0.3, -0.25) is 4.79 Å². The van der Waals surface area contributed by atoms with E-state index in [0.29, 0.717) is 13.0 Å². The molecule has 23 heavy (non-hydrogen) atoms. The third-order valence-corrected chi connectivity index (χ3v) is 4.27. The van der Waals surface area contributed by atoms with Gasteiger partial charge in [0.2, 0.25) is 5.91 Å². The van der Waals surface area contributed by atoms with E-state index in [9.17, 15) is 4.79 Å². The summed E-state index contributed by atoms with van der Waals surface area (Å²) in [5.41, 5.74) is 1.32. The SMILES string of the molecule is O=C(CCCOc1ccccc1)NCCSCc1ccccc1. The molecule has 2 aromatic carbocycles. The summed E-state index contributed by atoms with van der Waals surface area (Å²) in [5.74, 6) is 2.87. The summed E-state index contributed by atoms with van der Waals surface area (Å²) in [7, 11) is 0. The van der Waals surface area contributed by atoms with E-state index in [0.717, 1.165) is 30.2 Å². The van der Waals surface area contributed by atoms with E-state index in [-0.39, 0.29) is 5.91 Å². The van der Waals surface area contributed by atoms with Crippen LogP contribution in [-0.2, 0) is 10.5 Å².